The van der Waals surface area contributed by atoms with Gasteiger partial charge in [-0.25, -0.2) is 8.42 Å². The maximum atomic E-state index is 13.4. The Morgan fingerprint density at radius 3 is 2.45 bits per heavy atom. The zero-order chi connectivity index (χ0) is 22.6. The Balaban J connectivity index is 1.92. The third-order valence-electron chi connectivity index (χ3n) is 6.07. The number of rotatable bonds is 4. The number of sulfone groups is 1. The quantitative estimate of drug-likeness (QED) is 0.778. The molecule has 31 heavy (non-hydrogen) atoms. The molecule has 1 amide bonds. The summed E-state index contributed by atoms with van der Waals surface area (Å²) in [4.78, 5) is 14.3. The molecule has 1 saturated heterocycles. The minimum absolute atomic E-state index is 0.0234. The molecule has 2 atom stereocenters. The number of aryl methyl sites for hydroxylation is 1. The van der Waals surface area contributed by atoms with Crippen LogP contribution in [0.25, 0.3) is 0 Å². The van der Waals surface area contributed by atoms with Crippen molar-refractivity contribution in [1.29, 1.82) is 0 Å². The van der Waals surface area contributed by atoms with Crippen molar-refractivity contribution in [2.45, 2.75) is 61.2 Å². The summed E-state index contributed by atoms with van der Waals surface area (Å²) in [5, 5.41) is 11.1. The highest BCUT2D eigenvalue weighted by molar-refractivity contribution is 7.91. The van der Waals surface area contributed by atoms with Crippen LogP contribution in [0.3, 0.4) is 0 Å². The van der Waals surface area contributed by atoms with Gasteiger partial charge in [-0.3, -0.25) is 4.79 Å². The highest BCUT2D eigenvalue weighted by Gasteiger charge is 2.48. The van der Waals surface area contributed by atoms with E-state index in [1.165, 1.54) is 19.2 Å². The number of amides is 1. The number of ether oxygens (including phenoxy) is 2. The number of fused-ring (bicyclic) bond motifs is 1. The summed E-state index contributed by atoms with van der Waals surface area (Å²) in [6.07, 6.45) is 0.0822. The van der Waals surface area contributed by atoms with E-state index in [4.69, 9.17) is 9.47 Å². The van der Waals surface area contributed by atoms with E-state index >= 15 is 0 Å². The van der Waals surface area contributed by atoms with Gasteiger partial charge in [0.2, 0.25) is 15.7 Å². The molecule has 4 rings (SSSR count). The average Bonchev–Trinajstić information content (AvgIpc) is 3.13. The van der Waals surface area contributed by atoms with Crippen LogP contribution in [0.5, 0.6) is 11.5 Å². The number of likely N-dealkylation sites (tertiary alicyclic amines) is 1. The van der Waals surface area contributed by atoms with Crippen LogP contribution in [0, 0.1) is 6.92 Å². The lowest BCUT2D eigenvalue weighted by Gasteiger charge is -2.45. The van der Waals surface area contributed by atoms with Gasteiger partial charge in [-0.05, 0) is 45.4 Å². The maximum absolute atomic E-state index is 13.4. The number of benzene rings is 2. The van der Waals surface area contributed by atoms with E-state index in [9.17, 15) is 18.3 Å². The van der Waals surface area contributed by atoms with Crippen molar-refractivity contribution in [1.82, 2.24) is 4.90 Å². The molecule has 0 bridgehead atoms. The van der Waals surface area contributed by atoms with Crippen LogP contribution in [0.15, 0.2) is 46.2 Å². The van der Waals surface area contributed by atoms with Crippen molar-refractivity contribution in [3.8, 4) is 11.5 Å². The second-order valence-corrected chi connectivity index (χ2v) is 10.6. The zero-order valence-corrected chi connectivity index (χ0v) is 18.9. The minimum Gasteiger partial charge on any atom is -0.495 e. The van der Waals surface area contributed by atoms with E-state index in [0.717, 1.165) is 5.56 Å². The average molecular weight is 446 g/mol. The fourth-order valence-corrected chi connectivity index (χ4v) is 5.72. The molecule has 0 aliphatic carbocycles. The minimum atomic E-state index is -3.90. The normalized spacial score (nSPS) is 22.7. The first kappa shape index (κ1) is 21.6. The van der Waals surface area contributed by atoms with Crippen LogP contribution in [0.2, 0.25) is 0 Å². The smallest absolute Gasteiger partial charge is 0.223 e. The van der Waals surface area contributed by atoms with Crippen LogP contribution in [-0.2, 0) is 14.6 Å². The second kappa shape index (κ2) is 7.53. The summed E-state index contributed by atoms with van der Waals surface area (Å²) in [6, 6.07) is 8.90. The number of hydrogen-bond donors (Lipinski definition) is 1. The fraction of sp³-hybridized carbons (Fsp3) is 0.435. The lowest BCUT2D eigenvalue weighted by molar-refractivity contribution is -0.139. The second-order valence-electron chi connectivity index (χ2n) is 8.64. The molecule has 7 nitrogen and oxygen atoms in total. The molecule has 0 unspecified atom stereocenters. The Morgan fingerprint density at radius 2 is 1.87 bits per heavy atom. The molecule has 2 aromatic carbocycles. The number of nitrogens with zero attached hydrogens (tertiary/aromatic N) is 1. The van der Waals surface area contributed by atoms with Crippen molar-refractivity contribution in [2.75, 3.05) is 13.7 Å². The Morgan fingerprint density at radius 1 is 1.19 bits per heavy atom. The van der Waals surface area contributed by atoms with Crippen LogP contribution < -0.4 is 9.47 Å². The molecular formula is C23H27NO6S. The first-order chi connectivity index (χ1) is 14.6. The van der Waals surface area contributed by atoms with E-state index in [2.05, 4.69) is 0 Å². The third kappa shape index (κ3) is 3.57. The molecule has 1 fully saturated rings. The number of carbonyl (C=O) groups excluding carboxylic acids is 1. The fourth-order valence-electron chi connectivity index (χ4n) is 4.29. The summed E-state index contributed by atoms with van der Waals surface area (Å²) in [5.41, 5.74) is 0.444. The van der Waals surface area contributed by atoms with Gasteiger partial charge in [-0.1, -0.05) is 17.7 Å². The molecule has 2 aliphatic heterocycles. The van der Waals surface area contributed by atoms with Gasteiger partial charge in [0.1, 0.15) is 28.1 Å². The summed E-state index contributed by atoms with van der Waals surface area (Å²) < 4.78 is 38.3. The molecule has 0 radical (unpaired) electrons. The summed E-state index contributed by atoms with van der Waals surface area (Å²) in [7, 11) is -2.50. The molecule has 1 N–H and O–H groups in total. The van der Waals surface area contributed by atoms with Gasteiger partial charge < -0.3 is 19.5 Å². The first-order valence-corrected chi connectivity index (χ1v) is 11.7. The van der Waals surface area contributed by atoms with Gasteiger partial charge in [-0.2, -0.15) is 0 Å². The van der Waals surface area contributed by atoms with Gasteiger partial charge in [0.15, 0.2) is 0 Å². The lowest BCUT2D eigenvalue weighted by Crippen LogP contribution is -2.53. The Kier molecular flexibility index (Phi) is 5.26. The van der Waals surface area contributed by atoms with Crippen LogP contribution >= 0.6 is 0 Å². The number of carbonyl (C=O) groups is 1. The van der Waals surface area contributed by atoms with Crippen molar-refractivity contribution in [3.05, 3.63) is 47.5 Å². The molecule has 0 aromatic heterocycles. The number of aliphatic hydroxyl groups is 1. The number of hydrogen-bond acceptors (Lipinski definition) is 6. The standard InChI is InChI=1S/C23H27NO6S/c1-14-7-9-15(10-8-14)31(27,28)19-12-16-17(13-18(19)29-4)30-23(2,3)22(26)21(16)24-11-5-6-20(24)25/h7-10,12-13,21-22,26H,5-6,11H2,1-4H3/t21-,22+/m0/s1. The Labute approximate surface area is 182 Å². The maximum Gasteiger partial charge on any atom is 0.223 e. The van der Waals surface area contributed by atoms with Crippen molar-refractivity contribution >= 4 is 15.7 Å². The molecule has 166 valence electrons. The van der Waals surface area contributed by atoms with Gasteiger partial charge in [0.25, 0.3) is 0 Å². The van der Waals surface area contributed by atoms with Crippen LogP contribution in [-0.4, -0.2) is 49.7 Å². The summed E-state index contributed by atoms with van der Waals surface area (Å²) >= 11 is 0. The molecular weight excluding hydrogens is 418 g/mol. The number of aliphatic hydroxyl groups excluding tert-OH is 1. The van der Waals surface area contributed by atoms with E-state index in [1.54, 1.807) is 43.0 Å². The van der Waals surface area contributed by atoms with E-state index in [-0.39, 0.29) is 21.4 Å². The van der Waals surface area contributed by atoms with Gasteiger partial charge in [0, 0.05) is 24.6 Å². The topological polar surface area (TPSA) is 93.1 Å². The highest BCUT2D eigenvalue weighted by Crippen LogP contribution is 2.47. The molecule has 0 saturated carbocycles. The molecule has 8 heteroatoms. The predicted octanol–water partition coefficient (Wildman–Crippen LogP) is 3.03. The summed E-state index contributed by atoms with van der Waals surface area (Å²) in [5.74, 6) is 0.490. The largest absolute Gasteiger partial charge is 0.495 e. The lowest BCUT2D eigenvalue weighted by atomic mass is 9.85. The SMILES string of the molecule is COc1cc2c(cc1S(=O)(=O)c1ccc(C)cc1)[C@H](N1CCCC1=O)[C@@H](O)C(C)(C)O2. The molecule has 2 aromatic rings. The molecule has 2 aliphatic rings. The van der Waals surface area contributed by atoms with E-state index in [0.29, 0.717) is 30.7 Å². The highest BCUT2D eigenvalue weighted by atomic mass is 32.2. The van der Waals surface area contributed by atoms with Crippen molar-refractivity contribution < 1.29 is 27.8 Å². The summed E-state index contributed by atoms with van der Waals surface area (Å²) in [6.45, 7) is 5.88. The Bertz CT molecular complexity index is 1120. The van der Waals surface area contributed by atoms with E-state index in [1.807, 2.05) is 6.92 Å². The van der Waals surface area contributed by atoms with Crippen LogP contribution in [0.1, 0.15) is 43.9 Å². The number of methoxy groups -OCH3 is 1. The molecule has 0 spiro atoms. The first-order valence-electron chi connectivity index (χ1n) is 10.3. The zero-order valence-electron chi connectivity index (χ0n) is 18.1. The van der Waals surface area contributed by atoms with E-state index < -0.39 is 27.6 Å². The predicted molar refractivity (Wildman–Crippen MR) is 114 cm³/mol. The monoisotopic (exact) mass is 445 g/mol. The van der Waals surface area contributed by atoms with Crippen molar-refractivity contribution in [3.63, 3.8) is 0 Å². The van der Waals surface area contributed by atoms with Gasteiger partial charge in [0.05, 0.1) is 18.0 Å². The van der Waals surface area contributed by atoms with Gasteiger partial charge in [-0.15, -0.1) is 0 Å². The third-order valence-corrected chi connectivity index (χ3v) is 7.86. The van der Waals surface area contributed by atoms with Crippen molar-refractivity contribution in [2.24, 2.45) is 0 Å². The Hall–Kier alpha value is -2.58. The van der Waals surface area contributed by atoms with Crippen LogP contribution in [0.4, 0.5) is 0 Å². The molecule has 2 heterocycles. The van der Waals surface area contributed by atoms with Gasteiger partial charge >= 0.3 is 0 Å².